The van der Waals surface area contributed by atoms with Gasteiger partial charge in [-0.25, -0.2) is 0 Å². The van der Waals surface area contributed by atoms with Crippen molar-refractivity contribution >= 4 is 12.0 Å². The van der Waals surface area contributed by atoms with Gasteiger partial charge in [-0.15, -0.1) is 0 Å². The predicted octanol–water partition coefficient (Wildman–Crippen LogP) is 3.80. The van der Waals surface area contributed by atoms with Crippen LogP contribution in [0.25, 0.3) is 6.08 Å². The molecule has 1 heterocycles. The van der Waals surface area contributed by atoms with Crippen LogP contribution in [0, 0.1) is 0 Å². The average Bonchev–Trinajstić information content (AvgIpc) is 2.88. The SMILES string of the molecule is O=C1C[C@@H](c2ccccc2)[C@@H](/C=C/c2ccccc2)O1. The first kappa shape index (κ1) is 12.7. The zero-order chi connectivity index (χ0) is 13.8. The molecule has 0 N–H and O–H groups in total. The number of hydrogen-bond acceptors (Lipinski definition) is 2. The van der Waals surface area contributed by atoms with Crippen molar-refractivity contribution in [3.05, 3.63) is 77.9 Å². The number of hydrogen-bond donors (Lipinski definition) is 0. The van der Waals surface area contributed by atoms with Crippen LogP contribution in [0.3, 0.4) is 0 Å². The van der Waals surface area contributed by atoms with Gasteiger partial charge >= 0.3 is 5.97 Å². The molecule has 0 bridgehead atoms. The van der Waals surface area contributed by atoms with E-state index in [2.05, 4.69) is 12.1 Å². The van der Waals surface area contributed by atoms with Crippen LogP contribution in [-0.4, -0.2) is 12.1 Å². The predicted molar refractivity (Wildman–Crippen MR) is 79.2 cm³/mol. The second-order valence-corrected chi connectivity index (χ2v) is 4.95. The van der Waals surface area contributed by atoms with Gasteiger partial charge in [-0.05, 0) is 17.2 Å². The van der Waals surface area contributed by atoms with Crippen LogP contribution in [-0.2, 0) is 9.53 Å². The van der Waals surface area contributed by atoms with E-state index in [1.54, 1.807) is 0 Å². The standard InChI is InChI=1S/C18H16O2/c19-18-13-16(15-9-5-2-6-10-15)17(20-18)12-11-14-7-3-1-4-8-14/h1-12,16-17H,13H2/b12-11+/t16-,17+/m0/s1. The fourth-order valence-electron chi connectivity index (χ4n) is 2.53. The molecular weight excluding hydrogens is 248 g/mol. The van der Waals surface area contributed by atoms with E-state index in [1.807, 2.05) is 60.7 Å². The van der Waals surface area contributed by atoms with E-state index in [1.165, 1.54) is 0 Å². The summed E-state index contributed by atoms with van der Waals surface area (Å²) in [6.45, 7) is 0. The minimum Gasteiger partial charge on any atom is -0.457 e. The van der Waals surface area contributed by atoms with Crippen LogP contribution in [0.1, 0.15) is 23.5 Å². The highest BCUT2D eigenvalue weighted by Gasteiger charge is 2.33. The summed E-state index contributed by atoms with van der Waals surface area (Å²) in [4.78, 5) is 11.6. The van der Waals surface area contributed by atoms with Crippen LogP contribution in [0.15, 0.2) is 66.7 Å². The molecule has 2 aromatic rings. The molecule has 2 aromatic carbocycles. The third kappa shape index (κ3) is 2.80. The fourth-order valence-corrected chi connectivity index (χ4v) is 2.53. The first-order valence-corrected chi connectivity index (χ1v) is 6.80. The Hall–Kier alpha value is -2.35. The highest BCUT2D eigenvalue weighted by Crippen LogP contribution is 2.33. The van der Waals surface area contributed by atoms with E-state index in [4.69, 9.17) is 4.74 Å². The molecule has 20 heavy (non-hydrogen) atoms. The number of ether oxygens (including phenoxy) is 1. The Kier molecular flexibility index (Phi) is 3.64. The van der Waals surface area contributed by atoms with Gasteiger partial charge in [-0.3, -0.25) is 4.79 Å². The quantitative estimate of drug-likeness (QED) is 0.788. The molecule has 100 valence electrons. The van der Waals surface area contributed by atoms with E-state index < -0.39 is 0 Å². The third-order valence-electron chi connectivity index (χ3n) is 3.56. The molecule has 0 amide bonds. The number of esters is 1. The Bertz CT molecular complexity index is 602. The Morgan fingerprint density at radius 1 is 0.950 bits per heavy atom. The van der Waals surface area contributed by atoms with Crippen molar-refractivity contribution in [1.82, 2.24) is 0 Å². The van der Waals surface area contributed by atoms with Crippen molar-refractivity contribution in [3.8, 4) is 0 Å². The van der Waals surface area contributed by atoms with Gasteiger partial charge in [-0.1, -0.05) is 66.7 Å². The Balaban J connectivity index is 1.81. The number of rotatable bonds is 3. The van der Waals surface area contributed by atoms with Gasteiger partial charge in [-0.2, -0.15) is 0 Å². The van der Waals surface area contributed by atoms with E-state index in [9.17, 15) is 4.79 Å². The molecule has 1 aliphatic rings. The molecule has 0 saturated carbocycles. The Morgan fingerprint density at radius 3 is 2.30 bits per heavy atom. The van der Waals surface area contributed by atoms with Crippen LogP contribution in [0.5, 0.6) is 0 Å². The molecule has 0 aromatic heterocycles. The van der Waals surface area contributed by atoms with Gasteiger partial charge in [0.1, 0.15) is 6.10 Å². The maximum absolute atomic E-state index is 11.6. The van der Waals surface area contributed by atoms with Gasteiger partial charge in [0.15, 0.2) is 0 Å². The zero-order valence-electron chi connectivity index (χ0n) is 11.1. The zero-order valence-corrected chi connectivity index (χ0v) is 11.1. The summed E-state index contributed by atoms with van der Waals surface area (Å²) in [5.41, 5.74) is 2.27. The second kappa shape index (κ2) is 5.74. The molecule has 0 unspecified atom stereocenters. The van der Waals surface area contributed by atoms with Crippen LogP contribution in [0.4, 0.5) is 0 Å². The molecule has 1 saturated heterocycles. The molecule has 0 radical (unpaired) electrons. The van der Waals surface area contributed by atoms with Gasteiger partial charge in [0, 0.05) is 5.92 Å². The Morgan fingerprint density at radius 2 is 1.60 bits per heavy atom. The topological polar surface area (TPSA) is 26.3 Å². The number of cyclic esters (lactones) is 1. The van der Waals surface area contributed by atoms with Gasteiger partial charge in [0.25, 0.3) is 0 Å². The minimum atomic E-state index is -0.176. The fraction of sp³-hybridized carbons (Fsp3) is 0.167. The summed E-state index contributed by atoms with van der Waals surface area (Å²) < 4.78 is 5.42. The number of benzene rings is 2. The number of carbonyl (C=O) groups is 1. The molecule has 1 fully saturated rings. The number of carbonyl (C=O) groups excluding carboxylic acids is 1. The summed E-state index contributed by atoms with van der Waals surface area (Å²) in [6, 6.07) is 20.1. The second-order valence-electron chi connectivity index (χ2n) is 4.95. The van der Waals surface area contributed by atoms with Crippen LogP contribution in [0.2, 0.25) is 0 Å². The highest BCUT2D eigenvalue weighted by atomic mass is 16.5. The van der Waals surface area contributed by atoms with Crippen molar-refractivity contribution in [2.24, 2.45) is 0 Å². The van der Waals surface area contributed by atoms with E-state index in [0.29, 0.717) is 6.42 Å². The highest BCUT2D eigenvalue weighted by molar-refractivity contribution is 5.74. The first-order chi connectivity index (χ1) is 9.83. The van der Waals surface area contributed by atoms with Crippen LogP contribution < -0.4 is 0 Å². The molecule has 2 heteroatoms. The van der Waals surface area contributed by atoms with Gasteiger partial charge in [0.05, 0.1) is 6.42 Å². The summed E-state index contributed by atoms with van der Waals surface area (Å²) in [5, 5.41) is 0. The lowest BCUT2D eigenvalue weighted by Crippen LogP contribution is -2.11. The lowest BCUT2D eigenvalue weighted by molar-refractivity contribution is -0.139. The smallest absolute Gasteiger partial charge is 0.307 e. The third-order valence-corrected chi connectivity index (χ3v) is 3.56. The molecule has 0 spiro atoms. The van der Waals surface area contributed by atoms with Crippen molar-refractivity contribution in [2.75, 3.05) is 0 Å². The van der Waals surface area contributed by atoms with E-state index in [-0.39, 0.29) is 18.0 Å². The van der Waals surface area contributed by atoms with Crippen molar-refractivity contribution in [1.29, 1.82) is 0 Å². The van der Waals surface area contributed by atoms with Gasteiger partial charge < -0.3 is 4.74 Å². The molecule has 2 atom stereocenters. The molecule has 0 aliphatic carbocycles. The van der Waals surface area contributed by atoms with Crippen molar-refractivity contribution < 1.29 is 9.53 Å². The molecule has 3 rings (SSSR count). The normalized spacial score (nSPS) is 22.1. The minimum absolute atomic E-state index is 0.115. The molecule has 1 aliphatic heterocycles. The Labute approximate surface area is 118 Å². The summed E-state index contributed by atoms with van der Waals surface area (Å²) in [5.74, 6) is -0.00905. The maximum Gasteiger partial charge on any atom is 0.307 e. The first-order valence-electron chi connectivity index (χ1n) is 6.80. The van der Waals surface area contributed by atoms with Crippen molar-refractivity contribution in [2.45, 2.75) is 18.4 Å². The van der Waals surface area contributed by atoms with Gasteiger partial charge in [0.2, 0.25) is 0 Å². The summed E-state index contributed by atoms with van der Waals surface area (Å²) in [7, 11) is 0. The summed E-state index contributed by atoms with van der Waals surface area (Å²) in [6.07, 6.45) is 4.27. The maximum atomic E-state index is 11.6. The largest absolute Gasteiger partial charge is 0.457 e. The van der Waals surface area contributed by atoms with E-state index >= 15 is 0 Å². The van der Waals surface area contributed by atoms with E-state index in [0.717, 1.165) is 11.1 Å². The monoisotopic (exact) mass is 264 g/mol. The van der Waals surface area contributed by atoms with Crippen molar-refractivity contribution in [3.63, 3.8) is 0 Å². The van der Waals surface area contributed by atoms with Crippen LogP contribution >= 0.6 is 0 Å². The lowest BCUT2D eigenvalue weighted by atomic mass is 9.92. The molecule has 2 nitrogen and oxygen atoms in total. The summed E-state index contributed by atoms with van der Waals surface area (Å²) >= 11 is 0. The molecular formula is C18H16O2. The average molecular weight is 264 g/mol. The lowest BCUT2D eigenvalue weighted by Gasteiger charge is -2.14.